The van der Waals surface area contributed by atoms with Crippen molar-refractivity contribution >= 4 is 23.0 Å². The molecule has 26 heavy (non-hydrogen) atoms. The van der Waals surface area contributed by atoms with Gasteiger partial charge in [-0.25, -0.2) is 0 Å². The molecular formula is C15H10F3N3O5. The molecule has 11 heteroatoms. The van der Waals surface area contributed by atoms with Gasteiger partial charge >= 0.3 is 6.18 Å². The van der Waals surface area contributed by atoms with E-state index in [9.17, 15) is 38.2 Å². The first kappa shape index (κ1) is 18.8. The molecule has 2 aromatic rings. The Bertz CT molecular complexity index is 877. The van der Waals surface area contributed by atoms with Crippen molar-refractivity contribution in [2.24, 2.45) is 0 Å². The van der Waals surface area contributed by atoms with E-state index in [0.29, 0.717) is 6.07 Å². The van der Waals surface area contributed by atoms with Gasteiger partial charge in [0.05, 0.1) is 21.0 Å². The molecule has 2 rings (SSSR count). The maximum absolute atomic E-state index is 12.7. The fourth-order valence-corrected chi connectivity index (χ4v) is 2.17. The second-order valence-electron chi connectivity index (χ2n) is 5.19. The zero-order chi connectivity index (χ0) is 19.6. The van der Waals surface area contributed by atoms with Crippen molar-refractivity contribution in [1.29, 1.82) is 0 Å². The number of hydrogen-bond acceptors (Lipinski definition) is 5. The van der Waals surface area contributed by atoms with E-state index in [2.05, 4.69) is 5.32 Å². The Morgan fingerprint density at radius 2 is 1.58 bits per heavy atom. The molecule has 1 N–H and O–H groups in total. The minimum atomic E-state index is -4.62. The lowest BCUT2D eigenvalue weighted by Gasteiger charge is -2.10. The molecule has 0 aliphatic heterocycles. The predicted molar refractivity (Wildman–Crippen MR) is 83.9 cm³/mol. The Labute approximate surface area is 143 Å². The van der Waals surface area contributed by atoms with Crippen molar-refractivity contribution in [2.75, 3.05) is 5.32 Å². The maximum Gasteiger partial charge on any atom is 0.416 e. The number of amides is 1. The smallest absolute Gasteiger partial charge is 0.322 e. The van der Waals surface area contributed by atoms with Gasteiger partial charge in [0.2, 0.25) is 0 Å². The number of nitrogens with one attached hydrogen (secondary N) is 1. The fourth-order valence-electron chi connectivity index (χ4n) is 2.17. The first-order valence-corrected chi connectivity index (χ1v) is 6.92. The van der Waals surface area contributed by atoms with Crippen molar-refractivity contribution in [3.63, 3.8) is 0 Å². The number of carbonyl (C=O) groups is 1. The van der Waals surface area contributed by atoms with Crippen LogP contribution in [0.1, 0.15) is 21.5 Å². The van der Waals surface area contributed by atoms with E-state index in [1.807, 2.05) is 0 Å². The zero-order valence-electron chi connectivity index (χ0n) is 13.0. The summed E-state index contributed by atoms with van der Waals surface area (Å²) in [5.41, 5.74) is -3.17. The van der Waals surface area contributed by atoms with Crippen LogP contribution >= 0.6 is 0 Å². The van der Waals surface area contributed by atoms with Gasteiger partial charge in [0.1, 0.15) is 5.56 Å². The van der Waals surface area contributed by atoms with Gasteiger partial charge in [-0.2, -0.15) is 13.2 Å². The standard InChI is InChI=1S/C15H10F3N3O5/c1-8-12(20(23)24)5-9(6-13(8)21(25)26)14(22)19-11-4-2-3-10(7-11)15(16,17)18/h2-7H,1H3,(H,19,22). The van der Waals surface area contributed by atoms with Gasteiger partial charge in [0, 0.05) is 17.8 Å². The van der Waals surface area contributed by atoms with E-state index in [1.165, 1.54) is 6.07 Å². The first-order valence-electron chi connectivity index (χ1n) is 6.92. The van der Waals surface area contributed by atoms with Crippen LogP contribution in [-0.2, 0) is 6.18 Å². The minimum absolute atomic E-state index is 0.212. The normalized spacial score (nSPS) is 11.1. The summed E-state index contributed by atoms with van der Waals surface area (Å²) in [6, 6.07) is 5.38. The summed E-state index contributed by atoms with van der Waals surface area (Å²) in [5.74, 6) is -1.02. The molecule has 0 fully saturated rings. The zero-order valence-corrected chi connectivity index (χ0v) is 13.0. The molecule has 0 heterocycles. The number of anilines is 1. The van der Waals surface area contributed by atoms with Crippen LogP contribution in [-0.4, -0.2) is 15.8 Å². The number of nitrogens with zero attached hydrogens (tertiary/aromatic N) is 2. The molecule has 1 amide bonds. The first-order chi connectivity index (χ1) is 12.0. The summed E-state index contributed by atoms with van der Waals surface area (Å²) in [7, 11) is 0. The third kappa shape index (κ3) is 3.94. The molecule has 0 bridgehead atoms. The second kappa shape index (κ2) is 6.78. The third-order valence-corrected chi connectivity index (χ3v) is 3.46. The predicted octanol–water partition coefficient (Wildman–Crippen LogP) is 4.08. The van der Waals surface area contributed by atoms with E-state index in [0.717, 1.165) is 31.2 Å². The van der Waals surface area contributed by atoms with E-state index >= 15 is 0 Å². The van der Waals surface area contributed by atoms with Crippen LogP contribution in [0.25, 0.3) is 0 Å². The molecule has 0 saturated heterocycles. The summed E-state index contributed by atoms with van der Waals surface area (Å²) < 4.78 is 38.1. The highest BCUT2D eigenvalue weighted by Gasteiger charge is 2.31. The minimum Gasteiger partial charge on any atom is -0.322 e. The van der Waals surface area contributed by atoms with E-state index in [4.69, 9.17) is 0 Å². The van der Waals surface area contributed by atoms with Crippen LogP contribution < -0.4 is 5.32 Å². The number of nitro groups is 2. The topological polar surface area (TPSA) is 115 Å². The third-order valence-electron chi connectivity index (χ3n) is 3.46. The highest BCUT2D eigenvalue weighted by molar-refractivity contribution is 6.05. The van der Waals surface area contributed by atoms with Crippen molar-refractivity contribution < 1.29 is 27.8 Å². The van der Waals surface area contributed by atoms with Gasteiger partial charge in [-0.1, -0.05) is 6.07 Å². The molecule has 2 aromatic carbocycles. The maximum atomic E-state index is 12.7. The van der Waals surface area contributed by atoms with Crippen LogP contribution in [0.3, 0.4) is 0 Å². The Morgan fingerprint density at radius 1 is 1.04 bits per heavy atom. The van der Waals surface area contributed by atoms with Gasteiger partial charge in [-0.15, -0.1) is 0 Å². The van der Waals surface area contributed by atoms with Gasteiger partial charge in [-0.3, -0.25) is 25.0 Å². The van der Waals surface area contributed by atoms with Crippen molar-refractivity contribution in [3.8, 4) is 0 Å². The number of alkyl halides is 3. The molecule has 0 aromatic heterocycles. The summed E-state index contributed by atoms with van der Waals surface area (Å²) in [6.07, 6.45) is -4.62. The van der Waals surface area contributed by atoms with Gasteiger partial charge in [0.15, 0.2) is 0 Å². The van der Waals surface area contributed by atoms with Crippen LogP contribution in [0.2, 0.25) is 0 Å². The van der Waals surface area contributed by atoms with Crippen LogP contribution in [0.15, 0.2) is 36.4 Å². The number of benzene rings is 2. The molecule has 8 nitrogen and oxygen atoms in total. The van der Waals surface area contributed by atoms with Gasteiger partial charge < -0.3 is 5.32 Å². The Balaban J connectivity index is 2.42. The Morgan fingerprint density at radius 3 is 2.04 bits per heavy atom. The van der Waals surface area contributed by atoms with E-state index in [1.54, 1.807) is 0 Å². The average molecular weight is 369 g/mol. The van der Waals surface area contributed by atoms with Gasteiger partial charge in [0.25, 0.3) is 17.3 Å². The average Bonchev–Trinajstić information content (AvgIpc) is 2.53. The molecule has 0 radical (unpaired) electrons. The Kier molecular flexibility index (Phi) is 4.91. The van der Waals surface area contributed by atoms with E-state index < -0.39 is 44.4 Å². The molecule has 0 aliphatic rings. The summed E-state index contributed by atoms with van der Waals surface area (Å²) >= 11 is 0. The molecule has 0 spiro atoms. The van der Waals surface area contributed by atoms with Crippen LogP contribution in [0.4, 0.5) is 30.2 Å². The molecule has 0 aliphatic carbocycles. The van der Waals surface area contributed by atoms with Crippen LogP contribution in [0, 0.1) is 27.2 Å². The highest BCUT2D eigenvalue weighted by Crippen LogP contribution is 2.32. The summed E-state index contributed by atoms with van der Waals surface area (Å²) in [5, 5.41) is 24.2. The number of halogens is 3. The highest BCUT2D eigenvalue weighted by atomic mass is 19.4. The monoisotopic (exact) mass is 369 g/mol. The summed E-state index contributed by atoms with van der Waals surface area (Å²) in [6.45, 7) is 1.16. The molecular weight excluding hydrogens is 359 g/mol. The van der Waals surface area contributed by atoms with Crippen molar-refractivity contribution in [2.45, 2.75) is 13.1 Å². The Hall–Kier alpha value is -3.50. The summed E-state index contributed by atoms with van der Waals surface area (Å²) in [4.78, 5) is 32.4. The lowest BCUT2D eigenvalue weighted by Crippen LogP contribution is -2.14. The number of carbonyl (C=O) groups excluding carboxylic acids is 1. The quantitative estimate of drug-likeness (QED) is 0.644. The number of nitro benzene ring substituents is 2. The molecule has 136 valence electrons. The van der Waals surface area contributed by atoms with Gasteiger partial charge in [-0.05, 0) is 25.1 Å². The largest absolute Gasteiger partial charge is 0.416 e. The van der Waals surface area contributed by atoms with Crippen molar-refractivity contribution in [1.82, 2.24) is 0 Å². The molecule has 0 atom stereocenters. The lowest BCUT2D eigenvalue weighted by atomic mass is 10.1. The number of rotatable bonds is 4. The van der Waals surface area contributed by atoms with Crippen LogP contribution in [0.5, 0.6) is 0 Å². The molecule has 0 unspecified atom stereocenters. The molecule has 0 saturated carbocycles. The SMILES string of the molecule is Cc1c([N+](=O)[O-])cc(C(=O)Nc2cccc(C(F)(F)F)c2)cc1[N+](=O)[O-]. The lowest BCUT2D eigenvalue weighted by molar-refractivity contribution is -0.395. The van der Waals surface area contributed by atoms with E-state index in [-0.39, 0.29) is 11.3 Å². The number of hydrogen-bond donors (Lipinski definition) is 1. The fraction of sp³-hybridized carbons (Fsp3) is 0.133. The second-order valence-corrected chi connectivity index (χ2v) is 5.19. The van der Waals surface area contributed by atoms with Crippen molar-refractivity contribution in [3.05, 3.63) is 73.3 Å².